The van der Waals surface area contributed by atoms with Crippen LogP contribution in [0.4, 0.5) is 0 Å². The second-order valence-corrected chi connectivity index (χ2v) is 11.6. The number of rotatable bonds is 5. The molecule has 0 saturated heterocycles. The summed E-state index contributed by atoms with van der Waals surface area (Å²) >= 11 is 0. The molecule has 3 aliphatic carbocycles. The highest BCUT2D eigenvalue weighted by Crippen LogP contribution is 2.69. The van der Waals surface area contributed by atoms with Crippen LogP contribution in [-0.4, -0.2) is 23.0 Å². The lowest BCUT2D eigenvalue weighted by atomic mass is 9.38. The molecular weight excluding hydrogens is 388 g/mol. The minimum absolute atomic E-state index is 0.00421. The van der Waals surface area contributed by atoms with E-state index in [1.807, 2.05) is 0 Å². The predicted octanol–water partition coefficient (Wildman–Crippen LogP) is 6.55. The first-order valence-corrected chi connectivity index (χ1v) is 12.1. The first-order valence-electron chi connectivity index (χ1n) is 12.1. The van der Waals surface area contributed by atoms with E-state index in [0.717, 1.165) is 38.5 Å². The van der Waals surface area contributed by atoms with E-state index in [1.165, 1.54) is 31.9 Å². The molecule has 3 saturated carbocycles. The van der Waals surface area contributed by atoms with E-state index in [-0.39, 0.29) is 39.9 Å². The first-order chi connectivity index (χ1) is 14.3. The van der Waals surface area contributed by atoms with Gasteiger partial charge in [-0.3, -0.25) is 9.59 Å². The molecule has 0 radical (unpaired) electrons. The second kappa shape index (κ2) is 8.41. The van der Waals surface area contributed by atoms with Gasteiger partial charge in [0.1, 0.15) is 6.10 Å². The molecule has 31 heavy (non-hydrogen) atoms. The average Bonchev–Trinajstić information content (AvgIpc) is 2.62. The number of carbonyl (C=O) groups excluding carboxylic acids is 2. The Labute approximate surface area is 188 Å². The standard InChI is InChI=1S/C27H42O4/c1-17-8-11-23-26(6,21(17)10-9-20(30)16-18(2)28)14-12-22-25(4,5)24(31-19(3)29)13-15-27(22,23)7/h16,21-24,30H,1,8-15H2,2-7H3/b20-16+/t21-,22-,23-,24-,26+,27-/m0/s1. The molecule has 0 aromatic rings. The van der Waals surface area contributed by atoms with Crippen LogP contribution < -0.4 is 0 Å². The van der Waals surface area contributed by atoms with E-state index in [9.17, 15) is 14.7 Å². The van der Waals surface area contributed by atoms with Gasteiger partial charge in [0.2, 0.25) is 0 Å². The van der Waals surface area contributed by atoms with Crippen molar-refractivity contribution < 1.29 is 19.4 Å². The zero-order valence-electron chi connectivity index (χ0n) is 20.4. The van der Waals surface area contributed by atoms with Gasteiger partial charge in [0.15, 0.2) is 5.78 Å². The molecular formula is C27H42O4. The summed E-state index contributed by atoms with van der Waals surface area (Å²) in [5.41, 5.74) is 1.64. The normalized spacial score (nSPS) is 39.9. The highest BCUT2D eigenvalue weighted by atomic mass is 16.5. The van der Waals surface area contributed by atoms with Crippen molar-refractivity contribution >= 4 is 11.8 Å². The number of fused-ring (bicyclic) bond motifs is 3. The molecule has 6 atom stereocenters. The SMILES string of the molecule is C=C1CC[C@H]2[C@](C)(CC[C@H]3C(C)(C)[C@@H](OC(C)=O)CC[C@]23C)[C@H]1CC/C(O)=C\C(C)=O. The maximum absolute atomic E-state index is 11.7. The number of ketones is 1. The molecule has 3 fully saturated rings. The number of aliphatic hydroxyl groups is 1. The Balaban J connectivity index is 1.87. The summed E-state index contributed by atoms with van der Waals surface area (Å²) in [6.07, 6.45) is 9.22. The van der Waals surface area contributed by atoms with Crippen LogP contribution in [-0.2, 0) is 14.3 Å². The number of carbonyl (C=O) groups is 2. The third-order valence-corrected chi connectivity index (χ3v) is 9.44. The van der Waals surface area contributed by atoms with Crippen LogP contribution in [0.15, 0.2) is 24.0 Å². The number of esters is 1. The van der Waals surface area contributed by atoms with Crippen molar-refractivity contribution in [3.8, 4) is 0 Å². The summed E-state index contributed by atoms with van der Waals surface area (Å²) < 4.78 is 5.78. The van der Waals surface area contributed by atoms with E-state index < -0.39 is 0 Å². The summed E-state index contributed by atoms with van der Waals surface area (Å²) in [6.45, 7) is 17.0. The van der Waals surface area contributed by atoms with Crippen molar-refractivity contribution in [1.82, 2.24) is 0 Å². The largest absolute Gasteiger partial charge is 0.512 e. The molecule has 0 unspecified atom stereocenters. The number of hydrogen-bond donors (Lipinski definition) is 1. The van der Waals surface area contributed by atoms with Gasteiger partial charge in [-0.25, -0.2) is 0 Å². The van der Waals surface area contributed by atoms with E-state index in [4.69, 9.17) is 4.74 Å². The summed E-state index contributed by atoms with van der Waals surface area (Å²) in [4.78, 5) is 23.0. The highest BCUT2D eigenvalue weighted by molar-refractivity contribution is 5.87. The number of hydrogen-bond acceptors (Lipinski definition) is 4. The van der Waals surface area contributed by atoms with Crippen molar-refractivity contribution in [2.75, 3.05) is 0 Å². The molecule has 3 aliphatic rings. The summed E-state index contributed by atoms with van der Waals surface area (Å²) in [6, 6.07) is 0. The van der Waals surface area contributed by atoms with Crippen molar-refractivity contribution in [2.45, 2.75) is 99.0 Å². The van der Waals surface area contributed by atoms with Gasteiger partial charge in [0, 0.05) is 24.8 Å². The minimum Gasteiger partial charge on any atom is -0.512 e. The molecule has 4 nitrogen and oxygen atoms in total. The molecule has 4 heteroatoms. The van der Waals surface area contributed by atoms with Gasteiger partial charge in [-0.05, 0) is 80.5 Å². The lowest BCUT2D eigenvalue weighted by molar-refractivity contribution is -0.201. The molecule has 0 bridgehead atoms. The Morgan fingerprint density at radius 1 is 1.06 bits per heavy atom. The third kappa shape index (κ3) is 4.24. The average molecular weight is 431 g/mol. The molecule has 0 aromatic carbocycles. The van der Waals surface area contributed by atoms with Gasteiger partial charge in [-0.15, -0.1) is 0 Å². The van der Waals surface area contributed by atoms with E-state index >= 15 is 0 Å². The van der Waals surface area contributed by atoms with E-state index in [0.29, 0.717) is 24.2 Å². The van der Waals surface area contributed by atoms with Crippen LogP contribution >= 0.6 is 0 Å². The number of aliphatic hydroxyl groups excluding tert-OH is 1. The second-order valence-electron chi connectivity index (χ2n) is 11.6. The van der Waals surface area contributed by atoms with Crippen LogP contribution in [0.1, 0.15) is 92.9 Å². The fraction of sp³-hybridized carbons (Fsp3) is 0.778. The van der Waals surface area contributed by atoms with Gasteiger partial charge < -0.3 is 9.84 Å². The molecule has 3 rings (SSSR count). The Morgan fingerprint density at radius 2 is 1.71 bits per heavy atom. The lowest BCUT2D eigenvalue weighted by Gasteiger charge is -2.67. The summed E-state index contributed by atoms with van der Waals surface area (Å²) in [5, 5.41) is 10.2. The Morgan fingerprint density at radius 3 is 2.32 bits per heavy atom. The fourth-order valence-corrected chi connectivity index (χ4v) is 8.16. The fourth-order valence-electron chi connectivity index (χ4n) is 8.16. The van der Waals surface area contributed by atoms with Gasteiger partial charge in [0.05, 0.1) is 5.76 Å². The van der Waals surface area contributed by atoms with Crippen LogP contribution in [0.2, 0.25) is 0 Å². The summed E-state index contributed by atoms with van der Waals surface area (Å²) in [7, 11) is 0. The Kier molecular flexibility index (Phi) is 6.53. The highest BCUT2D eigenvalue weighted by Gasteiger charge is 2.63. The van der Waals surface area contributed by atoms with Crippen LogP contribution in [0.3, 0.4) is 0 Å². The lowest BCUT2D eigenvalue weighted by Crippen LogP contribution is -2.61. The van der Waals surface area contributed by atoms with Crippen LogP contribution in [0.5, 0.6) is 0 Å². The monoisotopic (exact) mass is 430 g/mol. The van der Waals surface area contributed by atoms with Gasteiger partial charge in [-0.1, -0.05) is 39.8 Å². The van der Waals surface area contributed by atoms with Crippen molar-refractivity contribution in [1.29, 1.82) is 0 Å². The third-order valence-electron chi connectivity index (χ3n) is 9.44. The molecule has 174 valence electrons. The van der Waals surface area contributed by atoms with Gasteiger partial charge >= 0.3 is 5.97 Å². The molecule has 0 aliphatic heterocycles. The smallest absolute Gasteiger partial charge is 0.302 e. The zero-order valence-corrected chi connectivity index (χ0v) is 20.4. The Bertz CT molecular complexity index is 778. The minimum atomic E-state index is -0.172. The van der Waals surface area contributed by atoms with Gasteiger partial charge in [0.25, 0.3) is 0 Å². The predicted molar refractivity (Wildman–Crippen MR) is 123 cm³/mol. The maximum atomic E-state index is 11.7. The molecule has 0 amide bonds. The topological polar surface area (TPSA) is 63.6 Å². The van der Waals surface area contributed by atoms with E-state index in [2.05, 4.69) is 34.3 Å². The van der Waals surface area contributed by atoms with Crippen molar-refractivity contribution in [3.63, 3.8) is 0 Å². The quantitative estimate of drug-likeness (QED) is 0.232. The molecule has 0 aromatic heterocycles. The Hall–Kier alpha value is -1.58. The van der Waals surface area contributed by atoms with Crippen molar-refractivity contribution in [3.05, 3.63) is 24.0 Å². The van der Waals surface area contributed by atoms with Gasteiger partial charge in [-0.2, -0.15) is 0 Å². The molecule has 0 heterocycles. The zero-order chi connectivity index (χ0) is 23.2. The molecule has 0 spiro atoms. The maximum Gasteiger partial charge on any atom is 0.302 e. The first kappa shape index (κ1) is 24.1. The van der Waals surface area contributed by atoms with Crippen LogP contribution in [0, 0.1) is 34.0 Å². The molecule has 1 N–H and O–H groups in total. The number of allylic oxidation sites excluding steroid dienone is 3. The van der Waals surface area contributed by atoms with Crippen molar-refractivity contribution in [2.24, 2.45) is 34.0 Å². The summed E-state index contributed by atoms with van der Waals surface area (Å²) in [5.74, 6) is 1.38. The number of ether oxygens (including phenoxy) is 1. The van der Waals surface area contributed by atoms with E-state index in [1.54, 1.807) is 0 Å². The van der Waals surface area contributed by atoms with Crippen LogP contribution in [0.25, 0.3) is 0 Å².